The lowest BCUT2D eigenvalue weighted by atomic mass is 9.91. The summed E-state index contributed by atoms with van der Waals surface area (Å²) in [7, 11) is 0. The second-order valence-electron chi connectivity index (χ2n) is 12.7. The van der Waals surface area contributed by atoms with E-state index in [-0.39, 0.29) is 0 Å². The van der Waals surface area contributed by atoms with Crippen LogP contribution in [0.4, 0.5) is 0 Å². The Morgan fingerprint density at radius 2 is 1.20 bits per heavy atom. The zero-order chi connectivity index (χ0) is 33.6. The Morgan fingerprint density at radius 1 is 0.560 bits per heavy atom. The van der Waals surface area contributed by atoms with Crippen LogP contribution in [0.2, 0.25) is 0 Å². The first-order valence-corrected chi connectivity index (χ1v) is 17.7. The average Bonchev–Trinajstić information content (AvgIpc) is 3.56. The third-order valence-corrected chi connectivity index (χ3v) is 10.7. The van der Waals surface area contributed by atoms with Crippen molar-refractivity contribution in [3.8, 4) is 44.9 Å². The van der Waals surface area contributed by atoms with E-state index in [2.05, 4.69) is 165 Å². The van der Waals surface area contributed by atoms with Gasteiger partial charge in [0.15, 0.2) is 5.82 Å². The summed E-state index contributed by atoms with van der Waals surface area (Å²) < 4.78 is 2.31. The summed E-state index contributed by atoms with van der Waals surface area (Å²) in [4.78, 5) is 10.6. The molecule has 2 heterocycles. The van der Waals surface area contributed by atoms with Crippen LogP contribution in [0.5, 0.6) is 0 Å². The predicted octanol–water partition coefficient (Wildman–Crippen LogP) is 13.4. The molecule has 0 N–H and O–H groups in total. The van der Waals surface area contributed by atoms with Gasteiger partial charge in [0.25, 0.3) is 0 Å². The summed E-state index contributed by atoms with van der Waals surface area (Å²) in [6.07, 6.45) is 3.88. The van der Waals surface area contributed by atoms with Crippen LogP contribution < -0.4 is 0 Å². The van der Waals surface area contributed by atoms with Crippen molar-refractivity contribution in [1.29, 1.82) is 0 Å². The smallest absolute Gasteiger partial charge is 0.160 e. The molecule has 2 nitrogen and oxygen atoms in total. The number of fused-ring (bicyclic) bond motifs is 6. The van der Waals surface area contributed by atoms with Gasteiger partial charge in [0.05, 0.1) is 15.9 Å². The first kappa shape index (κ1) is 29.9. The van der Waals surface area contributed by atoms with Crippen LogP contribution in [-0.2, 0) is 0 Å². The fraction of sp³-hybridized carbons (Fsp3) is 0.0213. The molecule has 0 aliphatic heterocycles. The van der Waals surface area contributed by atoms with E-state index in [0.717, 1.165) is 60.5 Å². The van der Waals surface area contributed by atoms with Gasteiger partial charge >= 0.3 is 0 Å². The molecule has 0 spiro atoms. The SMILES string of the molecule is C=C/C=C(\C)c1cccc(-c2nc(-c3cccc(-c4cccc(-c5cc6ccccc6c6ccccc56)c4)c3)nc3c2sc2ccccc23)c1. The molecule has 9 aromatic rings. The summed E-state index contributed by atoms with van der Waals surface area (Å²) in [6.45, 7) is 6.01. The Morgan fingerprint density at radius 3 is 2.02 bits per heavy atom. The third kappa shape index (κ3) is 5.20. The molecule has 0 amide bonds. The standard InChI is InChI=1S/C47H32N2S/c1-3-13-30(2)31-15-10-19-36(26-31)44-46-45(41-24-8-9-25-43(41)50-46)49-47(48-44)37-20-12-17-33(28-37)32-16-11-18-34(27-32)42-29-35-14-4-5-21-38(35)39-22-6-7-23-40(39)42/h3-29H,1H2,2H3/b30-13+. The summed E-state index contributed by atoms with van der Waals surface area (Å²) in [6, 6.07) is 54.4. The second-order valence-corrected chi connectivity index (χ2v) is 13.7. The maximum absolute atomic E-state index is 5.31. The molecule has 236 valence electrons. The van der Waals surface area contributed by atoms with Gasteiger partial charge in [-0.15, -0.1) is 11.3 Å². The number of hydrogen-bond donors (Lipinski definition) is 0. The quantitative estimate of drug-likeness (QED) is 0.131. The second kappa shape index (κ2) is 12.4. The van der Waals surface area contributed by atoms with Crippen molar-refractivity contribution in [3.63, 3.8) is 0 Å². The predicted molar refractivity (Wildman–Crippen MR) is 216 cm³/mol. The van der Waals surface area contributed by atoms with E-state index < -0.39 is 0 Å². The maximum atomic E-state index is 5.31. The van der Waals surface area contributed by atoms with Crippen LogP contribution in [0.1, 0.15) is 12.5 Å². The minimum Gasteiger partial charge on any atom is -0.226 e. The number of rotatable bonds is 6. The largest absolute Gasteiger partial charge is 0.226 e. The maximum Gasteiger partial charge on any atom is 0.160 e. The highest BCUT2D eigenvalue weighted by atomic mass is 32.1. The van der Waals surface area contributed by atoms with E-state index in [1.165, 1.54) is 37.4 Å². The molecule has 0 aliphatic carbocycles. The fourth-order valence-corrected chi connectivity index (χ4v) is 8.25. The van der Waals surface area contributed by atoms with Gasteiger partial charge in [0, 0.05) is 21.2 Å². The first-order chi connectivity index (χ1) is 24.6. The minimum atomic E-state index is 0.721. The molecule has 0 saturated heterocycles. The molecule has 0 saturated carbocycles. The van der Waals surface area contributed by atoms with Crippen molar-refractivity contribution in [2.45, 2.75) is 6.92 Å². The van der Waals surface area contributed by atoms with Crippen molar-refractivity contribution in [2.24, 2.45) is 0 Å². The molecule has 7 aromatic carbocycles. The van der Waals surface area contributed by atoms with E-state index in [4.69, 9.17) is 9.97 Å². The van der Waals surface area contributed by atoms with Crippen LogP contribution in [0.25, 0.3) is 92.3 Å². The molecule has 3 heteroatoms. The van der Waals surface area contributed by atoms with Gasteiger partial charge in [0.2, 0.25) is 0 Å². The number of benzene rings is 7. The lowest BCUT2D eigenvalue weighted by Gasteiger charge is -2.13. The summed E-state index contributed by atoms with van der Waals surface area (Å²) in [5.74, 6) is 0.721. The van der Waals surface area contributed by atoms with Gasteiger partial charge in [0.1, 0.15) is 0 Å². The Kier molecular flexibility index (Phi) is 7.41. The topological polar surface area (TPSA) is 25.8 Å². The van der Waals surface area contributed by atoms with Crippen LogP contribution in [0.15, 0.2) is 170 Å². The van der Waals surface area contributed by atoms with Gasteiger partial charge in [-0.3, -0.25) is 0 Å². The lowest BCUT2D eigenvalue weighted by Crippen LogP contribution is -1.94. The van der Waals surface area contributed by atoms with E-state index in [9.17, 15) is 0 Å². The minimum absolute atomic E-state index is 0.721. The molecule has 50 heavy (non-hydrogen) atoms. The molecule has 0 bridgehead atoms. The van der Waals surface area contributed by atoms with Gasteiger partial charge in [-0.2, -0.15) is 0 Å². The van der Waals surface area contributed by atoms with Crippen molar-refractivity contribution >= 4 is 58.8 Å². The van der Waals surface area contributed by atoms with Crippen molar-refractivity contribution in [1.82, 2.24) is 9.97 Å². The third-order valence-electron chi connectivity index (χ3n) is 9.57. The highest BCUT2D eigenvalue weighted by Crippen LogP contribution is 2.41. The van der Waals surface area contributed by atoms with E-state index >= 15 is 0 Å². The molecule has 9 rings (SSSR count). The number of aromatic nitrogens is 2. The van der Waals surface area contributed by atoms with Crippen LogP contribution in [0.3, 0.4) is 0 Å². The van der Waals surface area contributed by atoms with Gasteiger partial charge in [-0.05, 0) is 92.2 Å². The summed E-state index contributed by atoms with van der Waals surface area (Å²) in [5, 5.41) is 6.21. The molecule has 0 fully saturated rings. The van der Waals surface area contributed by atoms with Crippen molar-refractivity contribution in [2.75, 3.05) is 0 Å². The fourth-order valence-electron chi connectivity index (χ4n) is 7.10. The zero-order valence-corrected chi connectivity index (χ0v) is 28.4. The molecule has 0 aliphatic rings. The van der Waals surface area contributed by atoms with Gasteiger partial charge in [-0.1, -0.05) is 140 Å². The van der Waals surface area contributed by atoms with Crippen molar-refractivity contribution < 1.29 is 0 Å². The number of nitrogens with zero attached hydrogens (tertiary/aromatic N) is 2. The zero-order valence-electron chi connectivity index (χ0n) is 27.6. The molecule has 0 radical (unpaired) electrons. The van der Waals surface area contributed by atoms with Crippen LogP contribution in [-0.4, -0.2) is 9.97 Å². The van der Waals surface area contributed by atoms with E-state index in [1.807, 2.05) is 12.2 Å². The summed E-state index contributed by atoms with van der Waals surface area (Å²) >= 11 is 1.76. The molecule has 2 aromatic heterocycles. The number of thiophene rings is 1. The number of allylic oxidation sites excluding steroid dienone is 3. The molecule has 0 atom stereocenters. The molecular formula is C47H32N2S. The molecule has 0 unspecified atom stereocenters. The van der Waals surface area contributed by atoms with E-state index in [1.54, 1.807) is 11.3 Å². The highest BCUT2D eigenvalue weighted by molar-refractivity contribution is 7.26. The van der Waals surface area contributed by atoms with E-state index in [0.29, 0.717) is 0 Å². The Labute approximate surface area is 295 Å². The van der Waals surface area contributed by atoms with Gasteiger partial charge < -0.3 is 0 Å². The number of hydrogen-bond acceptors (Lipinski definition) is 3. The Hall–Kier alpha value is -6.16. The first-order valence-electron chi connectivity index (χ1n) is 16.9. The molecular weight excluding hydrogens is 625 g/mol. The monoisotopic (exact) mass is 656 g/mol. The normalized spacial score (nSPS) is 11.9. The van der Waals surface area contributed by atoms with Crippen LogP contribution >= 0.6 is 11.3 Å². The Balaban J connectivity index is 1.19. The van der Waals surface area contributed by atoms with Crippen molar-refractivity contribution in [3.05, 3.63) is 176 Å². The van der Waals surface area contributed by atoms with Gasteiger partial charge in [-0.25, -0.2) is 9.97 Å². The average molecular weight is 657 g/mol. The lowest BCUT2D eigenvalue weighted by molar-refractivity contribution is 1.24. The Bertz CT molecular complexity index is 2800. The van der Waals surface area contributed by atoms with Crippen LogP contribution in [0, 0.1) is 0 Å². The highest BCUT2D eigenvalue weighted by Gasteiger charge is 2.18. The summed E-state index contributed by atoms with van der Waals surface area (Å²) in [5.41, 5.74) is 11.0.